The second-order valence-corrected chi connectivity index (χ2v) is 4.94. The summed E-state index contributed by atoms with van der Waals surface area (Å²) in [6.45, 7) is 1.02. The molecule has 1 aliphatic rings. The molecule has 1 heterocycles. The minimum absolute atomic E-state index is 0.211. The first kappa shape index (κ1) is 11.5. The molecule has 0 amide bonds. The summed E-state index contributed by atoms with van der Waals surface area (Å²) in [5, 5.41) is 14.3. The SMILES string of the molecule is O=[N+]([O-])c1cc(Br)ccc1CC1CCCN1. The molecule has 0 spiro atoms. The fourth-order valence-electron chi connectivity index (χ4n) is 2.08. The first-order chi connectivity index (χ1) is 7.66. The minimum Gasteiger partial charge on any atom is -0.314 e. The van der Waals surface area contributed by atoms with Crippen molar-refractivity contribution in [2.75, 3.05) is 6.54 Å². The Hall–Kier alpha value is -0.940. The van der Waals surface area contributed by atoms with Gasteiger partial charge in [-0.2, -0.15) is 0 Å². The predicted molar refractivity (Wildman–Crippen MR) is 65.5 cm³/mol. The van der Waals surface area contributed by atoms with E-state index in [4.69, 9.17) is 0 Å². The number of hydrogen-bond acceptors (Lipinski definition) is 3. The van der Waals surface area contributed by atoms with E-state index < -0.39 is 0 Å². The number of nitrogens with zero attached hydrogens (tertiary/aromatic N) is 1. The van der Waals surface area contributed by atoms with Gasteiger partial charge in [0.1, 0.15) is 0 Å². The van der Waals surface area contributed by atoms with E-state index in [9.17, 15) is 10.1 Å². The van der Waals surface area contributed by atoms with Gasteiger partial charge in [0.05, 0.1) is 4.92 Å². The second kappa shape index (κ2) is 4.93. The van der Waals surface area contributed by atoms with Crippen LogP contribution in [0.2, 0.25) is 0 Å². The molecule has 4 nitrogen and oxygen atoms in total. The number of halogens is 1. The third-order valence-corrected chi connectivity index (χ3v) is 3.37. The zero-order valence-corrected chi connectivity index (χ0v) is 10.4. The van der Waals surface area contributed by atoms with Gasteiger partial charge < -0.3 is 5.32 Å². The Morgan fingerprint density at radius 1 is 1.56 bits per heavy atom. The molecule has 1 aromatic rings. The molecule has 1 N–H and O–H groups in total. The maximum absolute atomic E-state index is 10.9. The molecule has 1 saturated heterocycles. The van der Waals surface area contributed by atoms with Crippen LogP contribution in [0.25, 0.3) is 0 Å². The van der Waals surface area contributed by atoms with Crippen molar-refractivity contribution in [3.8, 4) is 0 Å². The van der Waals surface area contributed by atoms with Crippen LogP contribution in [-0.2, 0) is 6.42 Å². The lowest BCUT2D eigenvalue weighted by Crippen LogP contribution is -2.23. The van der Waals surface area contributed by atoms with Crippen molar-refractivity contribution in [2.24, 2.45) is 0 Å². The minimum atomic E-state index is -0.310. The normalized spacial score (nSPS) is 19.9. The quantitative estimate of drug-likeness (QED) is 0.686. The Morgan fingerprint density at radius 2 is 2.38 bits per heavy atom. The van der Waals surface area contributed by atoms with Gasteiger partial charge in [0.25, 0.3) is 5.69 Å². The van der Waals surface area contributed by atoms with Crippen molar-refractivity contribution in [3.05, 3.63) is 38.3 Å². The molecule has 1 atom stereocenters. The molecule has 5 heteroatoms. The number of benzene rings is 1. The lowest BCUT2D eigenvalue weighted by molar-refractivity contribution is -0.385. The van der Waals surface area contributed by atoms with Crippen molar-refractivity contribution in [1.29, 1.82) is 0 Å². The van der Waals surface area contributed by atoms with Gasteiger partial charge in [-0.1, -0.05) is 22.0 Å². The molecule has 0 aliphatic carbocycles. The topological polar surface area (TPSA) is 55.2 Å². The molecule has 1 aromatic carbocycles. The Kier molecular flexibility index (Phi) is 3.56. The van der Waals surface area contributed by atoms with E-state index in [1.54, 1.807) is 6.07 Å². The first-order valence-corrected chi connectivity index (χ1v) is 6.12. The van der Waals surface area contributed by atoms with Gasteiger partial charge in [0, 0.05) is 22.1 Å². The van der Waals surface area contributed by atoms with Crippen molar-refractivity contribution < 1.29 is 4.92 Å². The van der Waals surface area contributed by atoms with Crippen LogP contribution >= 0.6 is 15.9 Å². The van der Waals surface area contributed by atoms with E-state index >= 15 is 0 Å². The number of nitro benzene ring substituents is 1. The molecular weight excluding hydrogens is 272 g/mol. The second-order valence-electron chi connectivity index (χ2n) is 4.03. The number of hydrogen-bond donors (Lipinski definition) is 1. The molecule has 0 aromatic heterocycles. The maximum atomic E-state index is 10.9. The fraction of sp³-hybridized carbons (Fsp3) is 0.455. The molecule has 1 aliphatic heterocycles. The standard InChI is InChI=1S/C11H13BrN2O2/c12-9-4-3-8(11(7-9)14(15)16)6-10-2-1-5-13-10/h3-4,7,10,13H,1-2,5-6H2. The molecule has 0 bridgehead atoms. The van der Waals surface area contributed by atoms with Gasteiger partial charge >= 0.3 is 0 Å². The van der Waals surface area contributed by atoms with Crippen LogP contribution in [0.15, 0.2) is 22.7 Å². The van der Waals surface area contributed by atoms with E-state index in [-0.39, 0.29) is 10.6 Å². The van der Waals surface area contributed by atoms with E-state index in [1.807, 2.05) is 12.1 Å². The Balaban J connectivity index is 2.21. The average molecular weight is 285 g/mol. The first-order valence-electron chi connectivity index (χ1n) is 5.33. The maximum Gasteiger partial charge on any atom is 0.273 e. The van der Waals surface area contributed by atoms with Gasteiger partial charge in [0.2, 0.25) is 0 Å². The lowest BCUT2D eigenvalue weighted by Gasteiger charge is -2.10. The van der Waals surface area contributed by atoms with E-state index in [1.165, 1.54) is 0 Å². The van der Waals surface area contributed by atoms with E-state index in [2.05, 4.69) is 21.2 Å². The van der Waals surface area contributed by atoms with E-state index in [0.29, 0.717) is 6.04 Å². The molecule has 16 heavy (non-hydrogen) atoms. The fourth-order valence-corrected chi connectivity index (χ4v) is 2.42. The summed E-state index contributed by atoms with van der Waals surface area (Å²) in [5.74, 6) is 0. The van der Waals surface area contributed by atoms with Crippen molar-refractivity contribution in [2.45, 2.75) is 25.3 Å². The Labute approximate surface area is 102 Å². The van der Waals surface area contributed by atoms with Gasteiger partial charge in [-0.15, -0.1) is 0 Å². The molecule has 0 radical (unpaired) electrons. The van der Waals surface area contributed by atoms with Crippen LogP contribution in [0, 0.1) is 10.1 Å². The highest BCUT2D eigenvalue weighted by Crippen LogP contribution is 2.25. The summed E-state index contributed by atoms with van der Waals surface area (Å²) in [5.41, 5.74) is 1.02. The largest absolute Gasteiger partial charge is 0.314 e. The monoisotopic (exact) mass is 284 g/mol. The van der Waals surface area contributed by atoms with Crippen LogP contribution in [0.1, 0.15) is 18.4 Å². The van der Waals surface area contributed by atoms with Gasteiger partial charge in [0.15, 0.2) is 0 Å². The zero-order valence-electron chi connectivity index (χ0n) is 8.78. The third-order valence-electron chi connectivity index (χ3n) is 2.87. The smallest absolute Gasteiger partial charge is 0.273 e. The van der Waals surface area contributed by atoms with Crippen molar-refractivity contribution in [1.82, 2.24) is 5.32 Å². The number of nitro groups is 1. The lowest BCUT2D eigenvalue weighted by atomic mass is 10.0. The summed E-state index contributed by atoms with van der Waals surface area (Å²) in [7, 11) is 0. The third kappa shape index (κ3) is 2.59. The van der Waals surface area contributed by atoms with Gasteiger partial charge in [-0.3, -0.25) is 10.1 Å². The summed E-state index contributed by atoms with van der Waals surface area (Å²) in [6, 6.07) is 5.66. The van der Waals surface area contributed by atoms with E-state index in [0.717, 1.165) is 35.8 Å². The van der Waals surface area contributed by atoms with Crippen LogP contribution in [0.3, 0.4) is 0 Å². The predicted octanol–water partition coefficient (Wildman–Crippen LogP) is 2.65. The molecule has 1 fully saturated rings. The molecule has 1 unspecified atom stereocenters. The van der Waals surface area contributed by atoms with Crippen LogP contribution in [0.5, 0.6) is 0 Å². The van der Waals surface area contributed by atoms with Gasteiger partial charge in [-0.05, 0) is 31.9 Å². The molecule has 86 valence electrons. The van der Waals surface area contributed by atoms with Crippen LogP contribution in [-0.4, -0.2) is 17.5 Å². The number of rotatable bonds is 3. The van der Waals surface area contributed by atoms with Gasteiger partial charge in [-0.25, -0.2) is 0 Å². The summed E-state index contributed by atoms with van der Waals surface area (Å²) < 4.78 is 0.752. The van der Waals surface area contributed by atoms with Crippen LogP contribution in [0.4, 0.5) is 5.69 Å². The highest BCUT2D eigenvalue weighted by molar-refractivity contribution is 9.10. The van der Waals surface area contributed by atoms with Crippen molar-refractivity contribution >= 4 is 21.6 Å². The summed E-state index contributed by atoms with van der Waals surface area (Å²) >= 11 is 3.26. The van der Waals surface area contributed by atoms with Crippen molar-refractivity contribution in [3.63, 3.8) is 0 Å². The zero-order chi connectivity index (χ0) is 11.5. The Morgan fingerprint density at radius 3 is 3.00 bits per heavy atom. The Bertz CT molecular complexity index is 403. The average Bonchev–Trinajstić information content (AvgIpc) is 2.73. The summed E-state index contributed by atoms with van der Waals surface area (Å²) in [4.78, 5) is 10.6. The van der Waals surface area contributed by atoms with Crippen LogP contribution < -0.4 is 5.32 Å². The highest BCUT2D eigenvalue weighted by Gasteiger charge is 2.20. The number of nitrogens with one attached hydrogen (secondary N) is 1. The molecule has 2 rings (SSSR count). The highest BCUT2D eigenvalue weighted by atomic mass is 79.9. The summed E-state index contributed by atoms with van der Waals surface area (Å²) in [6.07, 6.45) is 3.01. The molecule has 0 saturated carbocycles. The molecular formula is C11H13BrN2O2.